The first-order valence-electron chi connectivity index (χ1n) is 54.1. The van der Waals surface area contributed by atoms with Gasteiger partial charge in [0.05, 0.1) is 5.69 Å². The maximum absolute atomic E-state index is 2.54. The Hall–Kier alpha value is -9.70. The Bertz CT molecular complexity index is 5790. The lowest BCUT2D eigenvalue weighted by atomic mass is 9.48. The van der Waals surface area contributed by atoms with Gasteiger partial charge in [0.15, 0.2) is 0 Å². The Kier molecular flexibility index (Phi) is 19.6. The SMILES string of the molecule is c1ccc(-c2ccc(N(c3ccc(C45CC6CC(CC(C6)C4)C5)cc3)c3ccc(C45CC6CC(CC(C6)C4)C5)cc3)cc2)cc1.c1ccc(-c2cccc(N(c3ccc(C45CC6CC(CC(C6)C4)C5)cc3)c3ccc(C45CC6CC(CC(C6)C4)C5)cc3)c2)cc1.c1ccc2c(N(c3ccc(C45CC6CC(CC(C6)C4)C5)cc3)c3ccc(C45CC6CC(CC(C6)C4)C5)cc3)cccc2c1. The largest absolute Gasteiger partial charge is 0.311 e. The van der Waals surface area contributed by atoms with E-state index in [1.807, 2.05) is 0 Å². The first-order chi connectivity index (χ1) is 65.3. The Morgan fingerprint density at radius 1 is 0.150 bits per heavy atom. The van der Waals surface area contributed by atoms with Gasteiger partial charge < -0.3 is 14.7 Å². The van der Waals surface area contributed by atoms with Crippen LogP contribution in [0, 0.1) is 107 Å². The van der Waals surface area contributed by atoms with E-state index < -0.39 is 0 Å². The minimum atomic E-state index is 0.435. The molecule has 0 amide bonds. The highest BCUT2D eigenvalue weighted by Gasteiger charge is 2.58. The molecule has 12 aromatic carbocycles. The summed E-state index contributed by atoms with van der Waals surface area (Å²) < 4.78 is 0. The van der Waals surface area contributed by atoms with Crippen LogP contribution in [-0.4, -0.2) is 0 Å². The molecule has 24 saturated carbocycles. The Labute approximate surface area is 794 Å². The van der Waals surface area contributed by atoms with Crippen LogP contribution in [0.2, 0.25) is 0 Å². The Morgan fingerprint density at radius 2 is 0.346 bits per heavy atom. The third-order valence-corrected chi connectivity index (χ3v) is 41.1. The van der Waals surface area contributed by atoms with Gasteiger partial charge in [-0.3, -0.25) is 0 Å². The van der Waals surface area contributed by atoms with Crippen molar-refractivity contribution in [2.75, 3.05) is 14.7 Å². The smallest absolute Gasteiger partial charge is 0.0540 e. The van der Waals surface area contributed by atoms with E-state index in [0.717, 1.165) is 107 Å². The van der Waals surface area contributed by atoms with Crippen molar-refractivity contribution in [3.8, 4) is 22.3 Å². The minimum absolute atomic E-state index is 0.435. The van der Waals surface area contributed by atoms with Gasteiger partial charge in [-0.25, -0.2) is 0 Å². The van der Waals surface area contributed by atoms with Crippen LogP contribution < -0.4 is 14.7 Å². The molecular weight excluding hydrogens is 1600 g/mol. The number of nitrogens with zero attached hydrogens (tertiary/aromatic N) is 3. The molecule has 24 fully saturated rings. The van der Waals surface area contributed by atoms with Gasteiger partial charge in [0.1, 0.15) is 0 Å². The van der Waals surface area contributed by atoms with Crippen LogP contribution in [0.25, 0.3) is 33.0 Å². The monoisotopic (exact) mass is 1740 g/mol. The maximum Gasteiger partial charge on any atom is 0.0540 e. The molecule has 674 valence electrons. The van der Waals surface area contributed by atoms with Crippen molar-refractivity contribution in [3.63, 3.8) is 0 Å². The molecule has 24 bridgehead atoms. The van der Waals surface area contributed by atoms with E-state index in [2.05, 4.69) is 312 Å². The van der Waals surface area contributed by atoms with E-state index in [1.54, 1.807) is 33.4 Å². The summed E-state index contributed by atoms with van der Waals surface area (Å²) in [6.45, 7) is 0. The fraction of sp³-hybridized carbons (Fsp3) is 0.462. The molecule has 24 aliphatic carbocycles. The van der Waals surface area contributed by atoms with Crippen LogP contribution in [0.5, 0.6) is 0 Å². The molecule has 133 heavy (non-hydrogen) atoms. The third-order valence-electron chi connectivity index (χ3n) is 41.1. The van der Waals surface area contributed by atoms with Crippen molar-refractivity contribution < 1.29 is 0 Å². The summed E-state index contributed by atoms with van der Waals surface area (Å²) in [7, 11) is 0. The fourth-order valence-corrected chi connectivity index (χ4v) is 38.2. The number of rotatable bonds is 17. The molecule has 3 nitrogen and oxygen atoms in total. The van der Waals surface area contributed by atoms with Crippen LogP contribution in [0.15, 0.2) is 297 Å². The average Bonchev–Trinajstić information content (AvgIpc) is 0.751. The third kappa shape index (κ3) is 14.5. The molecular formula is C130H139N3. The predicted molar refractivity (Wildman–Crippen MR) is 551 cm³/mol. The number of hydrogen-bond donors (Lipinski definition) is 0. The topological polar surface area (TPSA) is 9.72 Å². The van der Waals surface area contributed by atoms with E-state index in [9.17, 15) is 0 Å². The fourth-order valence-electron chi connectivity index (χ4n) is 38.2. The van der Waals surface area contributed by atoms with Gasteiger partial charge in [-0.2, -0.15) is 0 Å². The van der Waals surface area contributed by atoms with Gasteiger partial charge in [0.25, 0.3) is 0 Å². The summed E-state index contributed by atoms with van der Waals surface area (Å²) in [5.74, 6) is 17.6. The lowest BCUT2D eigenvalue weighted by molar-refractivity contribution is -0.00531. The lowest BCUT2D eigenvalue weighted by Gasteiger charge is -2.57. The summed E-state index contributed by atoms with van der Waals surface area (Å²) in [5.41, 5.74) is 28.8. The highest BCUT2D eigenvalue weighted by Crippen LogP contribution is 2.68. The quantitative estimate of drug-likeness (QED) is 0.0900. The van der Waals surface area contributed by atoms with Gasteiger partial charge in [-0.1, -0.05) is 194 Å². The highest BCUT2D eigenvalue weighted by molar-refractivity contribution is 5.99. The molecule has 0 unspecified atom stereocenters. The standard InChI is InChI=1S/2C44H47N.C42H45N/c1-2-5-36(6-3-1)37-7-4-8-42(23-37)45(40-13-9-38(10-14-40)43-24-30-17-31(25-43)19-32(18-30)26-43)41-15-11-39(12-16-41)44-27-33-20-34(28-44)22-35(21-33)29-44;1-2-4-36(5-3-1)37-6-12-40(13-7-37)45(41-14-8-38(9-15-41)43-24-30-18-31(25-43)20-32(19-30)26-43)42-16-10-39(11-17-42)44-27-33-21-34(28-44)23-35(22-33)29-44;1-2-6-39-34(4-1)5-3-7-40(39)43(37-12-8-35(9-13-37)41-22-28-16-29(23-41)18-30(17-28)24-41)38-14-10-36(11-15-38)42-25-31-19-32(26-42)21-33(20-31)27-42/h1-16,23,30-35H,17-22,24-29H2;1-17,30-35H,18-29H2;1-15,28-33H,16-27H2. The molecule has 0 atom stereocenters. The normalized spacial score (nSPS) is 36.0. The second-order valence-corrected chi connectivity index (χ2v) is 49.8. The summed E-state index contributed by atoms with van der Waals surface area (Å²) in [6.07, 6.45) is 52.7. The summed E-state index contributed by atoms with van der Waals surface area (Å²) in [6, 6.07) is 115. The molecule has 0 radical (unpaired) electrons. The molecule has 0 spiro atoms. The first-order valence-corrected chi connectivity index (χ1v) is 54.1. The Morgan fingerprint density at radius 3 is 0.617 bits per heavy atom. The summed E-state index contributed by atoms with van der Waals surface area (Å²) in [4.78, 5) is 7.55. The van der Waals surface area contributed by atoms with E-state index in [1.165, 1.54) is 315 Å². The number of hydrogen-bond acceptors (Lipinski definition) is 3. The molecule has 0 saturated heterocycles. The zero-order valence-electron chi connectivity index (χ0n) is 79.0. The molecule has 36 rings (SSSR count). The van der Waals surface area contributed by atoms with Crippen molar-refractivity contribution >= 4 is 62.0 Å². The van der Waals surface area contributed by atoms with E-state index >= 15 is 0 Å². The highest BCUT2D eigenvalue weighted by atomic mass is 15.2. The average molecular weight is 1740 g/mol. The minimum Gasteiger partial charge on any atom is -0.311 e. The number of benzene rings is 12. The van der Waals surface area contributed by atoms with Crippen LogP contribution in [-0.2, 0) is 32.5 Å². The van der Waals surface area contributed by atoms with E-state index in [0.29, 0.717) is 32.5 Å². The zero-order valence-corrected chi connectivity index (χ0v) is 79.0. The van der Waals surface area contributed by atoms with Crippen molar-refractivity contribution in [2.45, 2.75) is 264 Å². The van der Waals surface area contributed by atoms with Gasteiger partial charge in [-0.05, 0) is 534 Å². The van der Waals surface area contributed by atoms with Crippen molar-refractivity contribution in [2.24, 2.45) is 107 Å². The second-order valence-electron chi connectivity index (χ2n) is 49.8. The maximum atomic E-state index is 2.54. The van der Waals surface area contributed by atoms with Gasteiger partial charge in [-0.15, -0.1) is 0 Å². The molecule has 0 heterocycles. The lowest BCUT2D eigenvalue weighted by Crippen LogP contribution is -2.48. The number of anilines is 9. The molecule has 0 aromatic heterocycles. The predicted octanol–water partition coefficient (Wildman–Crippen LogP) is 34.8. The van der Waals surface area contributed by atoms with E-state index in [-0.39, 0.29) is 0 Å². The van der Waals surface area contributed by atoms with Crippen LogP contribution in [0.3, 0.4) is 0 Å². The summed E-state index contributed by atoms with van der Waals surface area (Å²) >= 11 is 0. The molecule has 0 aliphatic heterocycles. The van der Waals surface area contributed by atoms with Crippen molar-refractivity contribution in [3.05, 3.63) is 331 Å². The zero-order chi connectivity index (χ0) is 87.4. The summed E-state index contributed by atoms with van der Waals surface area (Å²) in [5, 5.41) is 2.63. The first kappa shape index (κ1) is 81.6. The van der Waals surface area contributed by atoms with E-state index in [4.69, 9.17) is 0 Å². The second kappa shape index (κ2) is 32.0. The van der Waals surface area contributed by atoms with Crippen molar-refractivity contribution in [1.82, 2.24) is 0 Å². The Balaban J connectivity index is 0.0000000996. The van der Waals surface area contributed by atoms with Crippen molar-refractivity contribution in [1.29, 1.82) is 0 Å². The van der Waals surface area contributed by atoms with Gasteiger partial charge >= 0.3 is 0 Å². The van der Waals surface area contributed by atoms with Crippen LogP contribution >= 0.6 is 0 Å². The molecule has 0 N–H and O–H groups in total. The van der Waals surface area contributed by atoms with Gasteiger partial charge in [0, 0.05) is 50.9 Å². The number of fused-ring (bicyclic) bond motifs is 1. The van der Waals surface area contributed by atoms with Crippen LogP contribution in [0.1, 0.15) is 265 Å². The molecule has 12 aromatic rings. The van der Waals surface area contributed by atoms with Gasteiger partial charge in [0.2, 0.25) is 0 Å². The molecule has 3 heteroatoms. The van der Waals surface area contributed by atoms with Crippen LogP contribution in [0.4, 0.5) is 51.2 Å². The molecule has 24 aliphatic rings.